The Morgan fingerprint density at radius 3 is 2.71 bits per heavy atom. The van der Waals surface area contributed by atoms with Gasteiger partial charge in [0.2, 0.25) is 5.91 Å². The van der Waals surface area contributed by atoms with Crippen molar-refractivity contribution in [1.29, 1.82) is 0 Å². The van der Waals surface area contributed by atoms with Gasteiger partial charge < -0.3 is 20.6 Å². The average molecular weight is 470 g/mol. The number of aliphatic hydroxyl groups is 1. The molecule has 0 radical (unpaired) electrons. The lowest BCUT2D eigenvalue weighted by atomic mass is 9.71. The SMILES string of the molecule is CC1=C(N2CCC3(CCC(N(C)[C@H](CO)c4ccc(N=CN=NN)nc4)CC3)C2=O)COC1=O. The van der Waals surface area contributed by atoms with Crippen molar-refractivity contribution < 1.29 is 19.4 Å². The highest BCUT2D eigenvalue weighted by Gasteiger charge is 2.50. The summed E-state index contributed by atoms with van der Waals surface area (Å²) in [5, 5.41) is 16.7. The van der Waals surface area contributed by atoms with Crippen LogP contribution in [0.3, 0.4) is 0 Å². The molecule has 0 unspecified atom stereocenters. The van der Waals surface area contributed by atoms with Gasteiger partial charge in [-0.3, -0.25) is 9.69 Å². The first-order valence-corrected chi connectivity index (χ1v) is 11.5. The summed E-state index contributed by atoms with van der Waals surface area (Å²) in [5.74, 6) is 5.20. The Kier molecular flexibility index (Phi) is 7.03. The highest BCUT2D eigenvalue weighted by Crippen LogP contribution is 2.47. The van der Waals surface area contributed by atoms with Gasteiger partial charge in [-0.05, 0) is 57.7 Å². The average Bonchev–Trinajstić information content (AvgIpc) is 3.34. The summed E-state index contributed by atoms with van der Waals surface area (Å²) in [7, 11) is 2.01. The van der Waals surface area contributed by atoms with Crippen LogP contribution in [-0.2, 0) is 14.3 Å². The monoisotopic (exact) mass is 469 g/mol. The van der Waals surface area contributed by atoms with E-state index < -0.39 is 0 Å². The number of likely N-dealkylation sites (tertiary alicyclic amines) is 1. The van der Waals surface area contributed by atoms with E-state index in [-0.39, 0.29) is 42.6 Å². The number of likely N-dealkylation sites (N-methyl/N-ethyl adjacent to an activating group) is 1. The second-order valence-corrected chi connectivity index (χ2v) is 9.16. The van der Waals surface area contributed by atoms with Gasteiger partial charge in [-0.2, -0.15) is 0 Å². The smallest absolute Gasteiger partial charge is 0.336 e. The number of rotatable bonds is 7. The van der Waals surface area contributed by atoms with Gasteiger partial charge in [0.1, 0.15) is 12.9 Å². The van der Waals surface area contributed by atoms with E-state index in [1.807, 2.05) is 13.1 Å². The Morgan fingerprint density at radius 2 is 2.12 bits per heavy atom. The molecule has 1 aromatic heterocycles. The highest BCUT2D eigenvalue weighted by atomic mass is 16.5. The number of aliphatic imine (C=N–C) groups is 1. The first kappa shape index (κ1) is 24.0. The Hall–Kier alpha value is -3.18. The van der Waals surface area contributed by atoms with E-state index in [4.69, 9.17) is 10.6 Å². The molecule has 3 aliphatic rings. The fourth-order valence-corrected chi connectivity index (χ4v) is 5.36. The molecular formula is C23H31N7O4. The number of nitrogens with zero attached hydrogens (tertiary/aromatic N) is 6. The van der Waals surface area contributed by atoms with Crippen LogP contribution >= 0.6 is 0 Å². The van der Waals surface area contributed by atoms with Crippen molar-refractivity contribution in [3.8, 4) is 0 Å². The summed E-state index contributed by atoms with van der Waals surface area (Å²) >= 11 is 0. The number of esters is 1. The van der Waals surface area contributed by atoms with Crippen molar-refractivity contribution in [2.75, 3.05) is 26.8 Å². The molecule has 1 atom stereocenters. The number of carbonyl (C=O) groups is 2. The molecule has 3 N–H and O–H groups in total. The van der Waals surface area contributed by atoms with Gasteiger partial charge in [0.15, 0.2) is 5.82 Å². The third-order valence-electron chi connectivity index (χ3n) is 7.53. The normalized spacial score (nSPS) is 26.6. The number of nitrogens with two attached hydrogens (primary N) is 1. The molecular weight excluding hydrogens is 438 g/mol. The van der Waals surface area contributed by atoms with Crippen LogP contribution in [0.2, 0.25) is 0 Å². The zero-order valence-electron chi connectivity index (χ0n) is 19.6. The summed E-state index contributed by atoms with van der Waals surface area (Å²) in [4.78, 5) is 37.4. The number of hydrogen-bond donors (Lipinski definition) is 2. The number of aliphatic hydroxyl groups excluding tert-OH is 1. The molecule has 1 spiro atoms. The Morgan fingerprint density at radius 1 is 1.35 bits per heavy atom. The van der Waals surface area contributed by atoms with Crippen LogP contribution < -0.4 is 5.84 Å². The molecule has 4 rings (SSSR count). The summed E-state index contributed by atoms with van der Waals surface area (Å²) in [5.41, 5.74) is 1.78. The predicted molar refractivity (Wildman–Crippen MR) is 124 cm³/mol. The van der Waals surface area contributed by atoms with Gasteiger partial charge in [-0.1, -0.05) is 11.3 Å². The maximum absolute atomic E-state index is 13.4. The molecule has 11 nitrogen and oxygen atoms in total. The van der Waals surface area contributed by atoms with Crippen LogP contribution in [0.25, 0.3) is 0 Å². The van der Waals surface area contributed by atoms with Crippen molar-refractivity contribution >= 4 is 24.0 Å². The molecule has 0 bridgehead atoms. The van der Waals surface area contributed by atoms with Crippen LogP contribution in [0.4, 0.5) is 5.82 Å². The number of carbonyl (C=O) groups excluding carboxylic acids is 2. The Bertz CT molecular complexity index is 1010. The minimum atomic E-state index is -0.368. The number of aromatic nitrogens is 1. The third-order valence-corrected chi connectivity index (χ3v) is 7.53. The van der Waals surface area contributed by atoms with Crippen molar-refractivity contribution in [2.45, 2.75) is 51.1 Å². The van der Waals surface area contributed by atoms with E-state index >= 15 is 0 Å². The minimum absolute atomic E-state index is 0.0437. The molecule has 0 aromatic carbocycles. The molecule has 2 aliphatic heterocycles. The fourth-order valence-electron chi connectivity index (χ4n) is 5.36. The molecule has 182 valence electrons. The molecule has 1 amide bonds. The van der Waals surface area contributed by atoms with E-state index in [1.54, 1.807) is 24.1 Å². The van der Waals surface area contributed by atoms with Gasteiger partial charge in [-0.15, -0.1) is 5.11 Å². The van der Waals surface area contributed by atoms with E-state index in [9.17, 15) is 14.7 Å². The summed E-state index contributed by atoms with van der Waals surface area (Å²) in [6.45, 7) is 2.50. The van der Waals surface area contributed by atoms with Crippen molar-refractivity contribution in [3.05, 3.63) is 35.2 Å². The number of hydrogen-bond acceptors (Lipinski definition) is 8. The molecule has 3 heterocycles. The number of pyridine rings is 1. The van der Waals surface area contributed by atoms with Crippen molar-refractivity contribution in [1.82, 2.24) is 14.8 Å². The standard InChI is InChI=1S/C23H31N7O4/c1-15-19(13-34-21(15)32)30-10-9-23(22(30)33)7-5-17(6-8-23)29(2)18(12-31)16-3-4-20(25-11-16)26-14-27-28-24/h3-4,11,14,17-18,31H,5-10,12-13H2,1-2H3,(H2,24,25,26,27)/t17?,18-,23?/m1/s1. The fraction of sp³-hybridized carbons (Fsp3) is 0.565. The van der Waals surface area contributed by atoms with Crippen LogP contribution in [-0.4, -0.2) is 71.0 Å². The van der Waals surface area contributed by atoms with Crippen molar-refractivity contribution in [2.24, 2.45) is 26.6 Å². The third kappa shape index (κ3) is 4.45. The topological polar surface area (TPSA) is 146 Å². The molecule has 1 saturated carbocycles. The lowest BCUT2D eigenvalue weighted by molar-refractivity contribution is -0.138. The van der Waals surface area contributed by atoms with E-state index in [0.29, 0.717) is 17.9 Å². The second-order valence-electron chi connectivity index (χ2n) is 9.16. The Balaban J connectivity index is 1.39. The second kappa shape index (κ2) is 9.98. The lowest BCUT2D eigenvalue weighted by Gasteiger charge is -2.42. The zero-order chi connectivity index (χ0) is 24.3. The lowest BCUT2D eigenvalue weighted by Crippen LogP contribution is -2.44. The molecule has 34 heavy (non-hydrogen) atoms. The van der Waals surface area contributed by atoms with E-state index in [0.717, 1.165) is 43.4 Å². The van der Waals surface area contributed by atoms with Crippen molar-refractivity contribution in [3.63, 3.8) is 0 Å². The van der Waals surface area contributed by atoms with Gasteiger partial charge in [0.25, 0.3) is 0 Å². The molecule has 1 aliphatic carbocycles. The van der Waals surface area contributed by atoms with Gasteiger partial charge >= 0.3 is 5.97 Å². The number of cyclic esters (lactones) is 1. The van der Waals surface area contributed by atoms with Gasteiger partial charge in [0.05, 0.1) is 29.3 Å². The summed E-state index contributed by atoms with van der Waals surface area (Å²) in [6, 6.07) is 3.67. The first-order chi connectivity index (χ1) is 16.4. The minimum Gasteiger partial charge on any atom is -0.456 e. The van der Waals surface area contributed by atoms with Crippen LogP contribution in [0.5, 0.6) is 0 Å². The maximum Gasteiger partial charge on any atom is 0.336 e. The van der Waals surface area contributed by atoms with Gasteiger partial charge in [-0.25, -0.2) is 14.8 Å². The van der Waals surface area contributed by atoms with Gasteiger partial charge in [0, 0.05) is 18.8 Å². The van der Waals surface area contributed by atoms with E-state index in [1.165, 1.54) is 6.34 Å². The highest BCUT2D eigenvalue weighted by molar-refractivity contribution is 5.94. The maximum atomic E-state index is 13.4. The summed E-state index contributed by atoms with van der Waals surface area (Å²) < 4.78 is 5.11. The molecule has 1 saturated heterocycles. The molecule has 2 fully saturated rings. The quantitative estimate of drug-likeness (QED) is 0.155. The van der Waals surface area contributed by atoms with Crippen LogP contribution in [0.1, 0.15) is 50.6 Å². The first-order valence-electron chi connectivity index (χ1n) is 11.5. The van der Waals surface area contributed by atoms with E-state index in [2.05, 4.69) is 25.2 Å². The zero-order valence-corrected chi connectivity index (χ0v) is 19.6. The predicted octanol–water partition coefficient (Wildman–Crippen LogP) is 2.02. The van der Waals surface area contributed by atoms with Crippen LogP contribution in [0, 0.1) is 5.41 Å². The molecule has 11 heteroatoms. The number of ether oxygens (including phenoxy) is 1. The summed E-state index contributed by atoms with van der Waals surface area (Å²) in [6.07, 6.45) is 7.02. The Labute approximate surface area is 198 Å². The number of amides is 1. The largest absolute Gasteiger partial charge is 0.456 e. The van der Waals surface area contributed by atoms with Crippen LogP contribution in [0.15, 0.2) is 44.9 Å². The molecule has 1 aromatic rings.